The molecule has 1 aromatic heterocycles. The number of hydrogen-bond acceptors (Lipinski definition) is 6. The molecule has 1 saturated heterocycles. The number of rotatable bonds is 8. The topological polar surface area (TPSA) is 80.0 Å². The predicted molar refractivity (Wildman–Crippen MR) is 134 cm³/mol. The van der Waals surface area contributed by atoms with E-state index in [1.807, 2.05) is 30.7 Å². The Morgan fingerprint density at radius 1 is 1.16 bits per heavy atom. The molecule has 9 nitrogen and oxygen atoms in total. The number of benzene rings is 1. The smallest absolute Gasteiger partial charge is 0.194 e. The third-order valence-corrected chi connectivity index (χ3v) is 5.36. The number of halogens is 1. The van der Waals surface area contributed by atoms with Gasteiger partial charge < -0.3 is 29.2 Å². The Morgan fingerprint density at radius 3 is 2.58 bits per heavy atom. The zero-order valence-electron chi connectivity index (χ0n) is 18.9. The molecule has 0 atom stereocenters. The molecule has 172 valence electrons. The largest absolute Gasteiger partial charge is 0.497 e. The quantitative estimate of drug-likeness (QED) is 0.236. The highest BCUT2D eigenvalue weighted by molar-refractivity contribution is 14.0. The molecule has 1 aliphatic rings. The minimum absolute atomic E-state index is 0. The van der Waals surface area contributed by atoms with E-state index in [4.69, 9.17) is 14.5 Å². The minimum atomic E-state index is 0. The Morgan fingerprint density at radius 2 is 1.94 bits per heavy atom. The van der Waals surface area contributed by atoms with Crippen LogP contribution in [0.25, 0.3) is 0 Å². The number of nitrogens with zero attached hydrogens (tertiary/aromatic N) is 6. The van der Waals surface area contributed by atoms with Gasteiger partial charge in [-0.1, -0.05) is 6.07 Å². The second-order valence-corrected chi connectivity index (χ2v) is 7.31. The Hall–Kier alpha value is -2.08. The number of ether oxygens (including phenoxy) is 2. The Kier molecular flexibility index (Phi) is 10.3. The maximum Gasteiger partial charge on any atom is 0.194 e. The minimum Gasteiger partial charge on any atom is -0.497 e. The van der Waals surface area contributed by atoms with Gasteiger partial charge in [0.1, 0.15) is 18.1 Å². The van der Waals surface area contributed by atoms with E-state index in [0.29, 0.717) is 6.54 Å². The maximum atomic E-state index is 5.37. The van der Waals surface area contributed by atoms with Gasteiger partial charge >= 0.3 is 0 Å². The van der Waals surface area contributed by atoms with E-state index in [2.05, 4.69) is 37.4 Å². The average Bonchev–Trinajstić information content (AvgIpc) is 3.11. The van der Waals surface area contributed by atoms with E-state index in [-0.39, 0.29) is 24.0 Å². The van der Waals surface area contributed by atoms with Crippen LogP contribution < -0.4 is 15.0 Å². The van der Waals surface area contributed by atoms with Crippen LogP contribution in [0.1, 0.15) is 18.1 Å². The average molecular weight is 543 g/mol. The summed E-state index contributed by atoms with van der Waals surface area (Å²) in [5, 5.41) is 11.9. The van der Waals surface area contributed by atoms with Gasteiger partial charge in [0.2, 0.25) is 0 Å². The molecule has 3 rings (SSSR count). The lowest BCUT2D eigenvalue weighted by Crippen LogP contribution is -2.52. The highest BCUT2D eigenvalue weighted by Gasteiger charge is 2.20. The highest BCUT2D eigenvalue weighted by Crippen LogP contribution is 2.22. The molecular weight excluding hydrogens is 509 g/mol. The van der Waals surface area contributed by atoms with E-state index in [0.717, 1.165) is 69.1 Å². The molecule has 0 unspecified atom stereocenters. The molecule has 10 heteroatoms. The SMILES string of the molecule is COCCCNC(=NCc1nnc(C)n1C)N1CCN(c2cccc(OC)c2)CC1.I. The second kappa shape index (κ2) is 12.7. The first-order valence-corrected chi connectivity index (χ1v) is 10.4. The van der Waals surface area contributed by atoms with Crippen molar-refractivity contribution in [3.05, 3.63) is 35.9 Å². The summed E-state index contributed by atoms with van der Waals surface area (Å²) in [6, 6.07) is 8.23. The van der Waals surface area contributed by atoms with E-state index < -0.39 is 0 Å². The summed E-state index contributed by atoms with van der Waals surface area (Å²) in [6.07, 6.45) is 0.933. The van der Waals surface area contributed by atoms with Gasteiger partial charge in [0.25, 0.3) is 0 Å². The first-order valence-electron chi connectivity index (χ1n) is 10.4. The zero-order valence-corrected chi connectivity index (χ0v) is 21.2. The van der Waals surface area contributed by atoms with Crippen LogP contribution in [0.15, 0.2) is 29.3 Å². The molecule has 0 amide bonds. The van der Waals surface area contributed by atoms with Gasteiger partial charge in [-0.3, -0.25) is 0 Å². The molecule has 0 spiro atoms. The predicted octanol–water partition coefficient (Wildman–Crippen LogP) is 2.05. The number of nitrogens with one attached hydrogen (secondary N) is 1. The maximum absolute atomic E-state index is 5.37. The van der Waals surface area contributed by atoms with Crippen molar-refractivity contribution in [3.63, 3.8) is 0 Å². The van der Waals surface area contributed by atoms with Crippen LogP contribution in [0.3, 0.4) is 0 Å². The Bertz CT molecular complexity index is 835. The van der Waals surface area contributed by atoms with Gasteiger partial charge in [-0.2, -0.15) is 0 Å². The Labute approximate surface area is 201 Å². The molecule has 0 radical (unpaired) electrons. The van der Waals surface area contributed by atoms with Crippen molar-refractivity contribution in [1.29, 1.82) is 0 Å². The van der Waals surface area contributed by atoms with E-state index in [9.17, 15) is 0 Å². The summed E-state index contributed by atoms with van der Waals surface area (Å²) in [5.74, 6) is 3.55. The van der Waals surface area contributed by atoms with Crippen LogP contribution in [0.4, 0.5) is 5.69 Å². The number of methoxy groups -OCH3 is 2. The molecule has 1 aliphatic heterocycles. The molecule has 1 fully saturated rings. The van der Waals surface area contributed by atoms with Crippen molar-refractivity contribution in [2.45, 2.75) is 19.9 Å². The van der Waals surface area contributed by atoms with Gasteiger partial charge in [0.05, 0.1) is 7.11 Å². The van der Waals surface area contributed by atoms with E-state index >= 15 is 0 Å². The number of guanidine groups is 1. The third kappa shape index (κ3) is 6.96. The molecule has 0 saturated carbocycles. The number of piperazine rings is 1. The van der Waals surface area contributed by atoms with Crippen LogP contribution in [-0.4, -0.2) is 79.2 Å². The summed E-state index contributed by atoms with van der Waals surface area (Å²) in [4.78, 5) is 9.54. The number of aromatic nitrogens is 3. The lowest BCUT2D eigenvalue weighted by Gasteiger charge is -2.37. The molecule has 0 aliphatic carbocycles. The van der Waals surface area contributed by atoms with Crippen LogP contribution in [0.2, 0.25) is 0 Å². The summed E-state index contributed by atoms with van der Waals surface area (Å²) < 4.78 is 12.5. The summed E-state index contributed by atoms with van der Waals surface area (Å²) in [7, 11) is 5.40. The molecular formula is C21H34IN7O2. The zero-order chi connectivity index (χ0) is 21.3. The van der Waals surface area contributed by atoms with Gasteiger partial charge in [-0.25, -0.2) is 4.99 Å². The molecule has 1 aromatic carbocycles. The van der Waals surface area contributed by atoms with Crippen molar-refractivity contribution in [1.82, 2.24) is 25.0 Å². The molecule has 2 aromatic rings. The summed E-state index contributed by atoms with van der Waals surface area (Å²) in [5.41, 5.74) is 1.19. The number of hydrogen-bond donors (Lipinski definition) is 1. The van der Waals surface area contributed by atoms with Crippen molar-refractivity contribution >= 4 is 35.6 Å². The van der Waals surface area contributed by atoms with E-state index in [1.165, 1.54) is 5.69 Å². The van der Waals surface area contributed by atoms with Gasteiger partial charge in [0.15, 0.2) is 11.8 Å². The third-order valence-electron chi connectivity index (χ3n) is 5.36. The van der Waals surface area contributed by atoms with Crippen LogP contribution in [-0.2, 0) is 18.3 Å². The first kappa shape index (κ1) is 25.2. The highest BCUT2D eigenvalue weighted by atomic mass is 127. The van der Waals surface area contributed by atoms with Crippen molar-refractivity contribution in [3.8, 4) is 5.75 Å². The normalized spacial score (nSPS) is 14.4. The number of aliphatic imine (C=N–C) groups is 1. The van der Waals surface area contributed by atoms with Crippen molar-refractivity contribution in [2.75, 3.05) is 58.5 Å². The Balaban J connectivity index is 0.00000341. The van der Waals surface area contributed by atoms with Crippen LogP contribution in [0.5, 0.6) is 5.75 Å². The fourth-order valence-electron chi connectivity index (χ4n) is 3.40. The lowest BCUT2D eigenvalue weighted by molar-refractivity contribution is 0.195. The fraction of sp³-hybridized carbons (Fsp3) is 0.571. The van der Waals surface area contributed by atoms with Crippen LogP contribution in [0, 0.1) is 6.92 Å². The summed E-state index contributed by atoms with van der Waals surface area (Å²) >= 11 is 0. The standard InChI is InChI=1S/C21H33N7O2.HI/c1-17-24-25-20(26(17)2)16-23-21(22-9-6-14-29-3)28-12-10-27(11-13-28)18-7-5-8-19(15-18)30-4;/h5,7-8,15H,6,9-14,16H2,1-4H3,(H,22,23);1H. The first-order chi connectivity index (χ1) is 14.6. The van der Waals surface area contributed by atoms with Crippen molar-refractivity contribution in [2.24, 2.45) is 12.0 Å². The van der Waals surface area contributed by atoms with Crippen LogP contribution >= 0.6 is 24.0 Å². The number of aryl methyl sites for hydroxylation is 1. The fourth-order valence-corrected chi connectivity index (χ4v) is 3.40. The lowest BCUT2D eigenvalue weighted by atomic mass is 10.2. The van der Waals surface area contributed by atoms with Gasteiger partial charge in [-0.05, 0) is 25.5 Å². The summed E-state index contributed by atoms with van der Waals surface area (Å²) in [6.45, 7) is 7.63. The van der Waals surface area contributed by atoms with Crippen molar-refractivity contribution < 1.29 is 9.47 Å². The second-order valence-electron chi connectivity index (χ2n) is 7.31. The molecule has 1 N–H and O–H groups in total. The van der Waals surface area contributed by atoms with Gasteiger partial charge in [0, 0.05) is 65.2 Å². The van der Waals surface area contributed by atoms with E-state index in [1.54, 1.807) is 14.2 Å². The molecule has 2 heterocycles. The number of anilines is 1. The van der Waals surface area contributed by atoms with Gasteiger partial charge in [-0.15, -0.1) is 34.2 Å². The monoisotopic (exact) mass is 543 g/mol. The molecule has 31 heavy (non-hydrogen) atoms. The molecule has 0 bridgehead atoms.